The zero-order valence-electron chi connectivity index (χ0n) is 16.4. The minimum atomic E-state index is -0.548. The van der Waals surface area contributed by atoms with Crippen molar-refractivity contribution >= 4 is 66.3 Å². The number of hydrogen-bond donors (Lipinski definition) is 1. The van der Waals surface area contributed by atoms with E-state index in [1.54, 1.807) is 12.1 Å². The van der Waals surface area contributed by atoms with Gasteiger partial charge in [0.15, 0.2) is 0 Å². The number of nitrogens with one attached hydrogen (secondary N) is 1. The smallest absolute Gasteiger partial charge is 0.262 e. The molecule has 2 aliphatic rings. The van der Waals surface area contributed by atoms with Crippen molar-refractivity contribution < 1.29 is 19.2 Å². The summed E-state index contributed by atoms with van der Waals surface area (Å²) in [6.45, 7) is 2.50. The zero-order chi connectivity index (χ0) is 21.6. The molecule has 1 N–H and O–H groups in total. The fraction of sp³-hybridized carbons (Fsp3) is 0.364. The van der Waals surface area contributed by atoms with E-state index < -0.39 is 23.6 Å². The second-order valence-electron chi connectivity index (χ2n) is 7.62. The highest BCUT2D eigenvalue weighted by atomic mass is 79.9. The van der Waals surface area contributed by atoms with Crippen molar-refractivity contribution in [2.45, 2.75) is 45.4 Å². The summed E-state index contributed by atoms with van der Waals surface area (Å²) in [4.78, 5) is 52.6. The van der Waals surface area contributed by atoms with Gasteiger partial charge in [0.25, 0.3) is 23.6 Å². The first-order valence-electron chi connectivity index (χ1n) is 10.1. The highest BCUT2D eigenvalue weighted by Gasteiger charge is 2.39. The SMILES string of the molecule is CCCCCCCCN1C(=O)c2cc(Br)c3c4c(cc(Br)c(c24)C1=O)C(=O)NC3=O. The molecule has 0 radical (unpaired) electrons. The molecule has 4 amide bonds. The topological polar surface area (TPSA) is 83.6 Å². The van der Waals surface area contributed by atoms with Gasteiger partial charge in [-0.05, 0) is 50.4 Å². The Balaban J connectivity index is 1.78. The summed E-state index contributed by atoms with van der Waals surface area (Å²) in [5.74, 6) is -1.88. The van der Waals surface area contributed by atoms with Crippen molar-refractivity contribution in [2.75, 3.05) is 6.54 Å². The molecule has 4 rings (SSSR count). The minimum absolute atomic E-state index is 0.266. The number of nitrogens with zero attached hydrogens (tertiary/aromatic N) is 1. The van der Waals surface area contributed by atoms with Crippen molar-refractivity contribution in [2.24, 2.45) is 0 Å². The van der Waals surface area contributed by atoms with Gasteiger partial charge in [0.1, 0.15) is 0 Å². The molecular formula is C22H20Br2N2O4. The van der Waals surface area contributed by atoms with Gasteiger partial charge in [0, 0.05) is 37.4 Å². The van der Waals surface area contributed by atoms with E-state index in [0.29, 0.717) is 37.4 Å². The summed E-state index contributed by atoms with van der Waals surface area (Å²) in [6.07, 6.45) is 6.29. The third-order valence-electron chi connectivity index (χ3n) is 5.68. The van der Waals surface area contributed by atoms with E-state index in [1.807, 2.05) is 0 Å². The van der Waals surface area contributed by atoms with E-state index in [1.165, 1.54) is 11.3 Å². The first kappa shape index (κ1) is 21.2. The molecule has 0 bridgehead atoms. The van der Waals surface area contributed by atoms with Crippen LogP contribution in [0.15, 0.2) is 21.1 Å². The Morgan fingerprint density at radius 3 is 2.10 bits per heavy atom. The number of unbranched alkanes of at least 4 members (excludes halogenated alkanes) is 5. The molecule has 8 heteroatoms. The Labute approximate surface area is 190 Å². The molecule has 0 unspecified atom stereocenters. The lowest BCUT2D eigenvalue weighted by Gasteiger charge is -2.30. The van der Waals surface area contributed by atoms with Crippen LogP contribution in [-0.2, 0) is 0 Å². The second kappa shape index (κ2) is 8.23. The highest BCUT2D eigenvalue weighted by molar-refractivity contribution is 9.10. The number of halogens is 2. The molecule has 2 aromatic rings. The van der Waals surface area contributed by atoms with Crippen molar-refractivity contribution in [1.82, 2.24) is 10.2 Å². The third-order valence-corrected chi connectivity index (χ3v) is 6.93. The number of rotatable bonds is 7. The summed E-state index contributed by atoms with van der Waals surface area (Å²) in [5, 5.41) is 3.03. The van der Waals surface area contributed by atoms with Crippen LogP contribution in [-0.4, -0.2) is 35.1 Å². The van der Waals surface area contributed by atoms with E-state index in [0.717, 1.165) is 32.1 Å². The average Bonchev–Trinajstić information content (AvgIpc) is 2.69. The quantitative estimate of drug-likeness (QED) is 0.390. The number of hydrogen-bond acceptors (Lipinski definition) is 4. The maximum Gasteiger partial charge on any atom is 0.262 e. The molecule has 2 aliphatic heterocycles. The van der Waals surface area contributed by atoms with Crippen LogP contribution in [0.1, 0.15) is 86.9 Å². The fourth-order valence-corrected chi connectivity index (χ4v) is 5.41. The number of amides is 4. The Morgan fingerprint density at radius 2 is 1.37 bits per heavy atom. The van der Waals surface area contributed by atoms with Crippen LogP contribution in [0.5, 0.6) is 0 Å². The molecule has 2 aromatic carbocycles. The summed E-state index contributed by atoms with van der Waals surface area (Å²) in [7, 11) is 0. The van der Waals surface area contributed by atoms with Crippen LogP contribution in [0.4, 0.5) is 0 Å². The minimum Gasteiger partial charge on any atom is -0.288 e. The van der Waals surface area contributed by atoms with E-state index in [9.17, 15) is 19.2 Å². The predicted molar refractivity (Wildman–Crippen MR) is 120 cm³/mol. The first-order valence-corrected chi connectivity index (χ1v) is 11.7. The molecule has 0 spiro atoms. The lowest BCUT2D eigenvalue weighted by Crippen LogP contribution is -2.42. The molecule has 0 atom stereocenters. The maximum atomic E-state index is 13.3. The van der Waals surface area contributed by atoms with Gasteiger partial charge in [-0.2, -0.15) is 0 Å². The lowest BCUT2D eigenvalue weighted by atomic mass is 9.86. The standard InChI is InChI=1S/C22H20Br2N2O4/c1-2-3-4-5-6-7-8-26-21(29)12-10-13(23)17-15-11(19(27)25-20(17)28)9-14(24)18(16(12)15)22(26)30/h9-10H,2-8H2,1H3,(H,25,27,28). The van der Waals surface area contributed by atoms with Gasteiger partial charge in [-0.15, -0.1) is 0 Å². The van der Waals surface area contributed by atoms with Crippen LogP contribution in [0.25, 0.3) is 10.8 Å². The van der Waals surface area contributed by atoms with Gasteiger partial charge in [0.05, 0.1) is 11.1 Å². The normalized spacial score (nSPS) is 15.2. The van der Waals surface area contributed by atoms with Crippen LogP contribution >= 0.6 is 31.9 Å². The monoisotopic (exact) mass is 534 g/mol. The van der Waals surface area contributed by atoms with Crippen molar-refractivity contribution in [3.63, 3.8) is 0 Å². The van der Waals surface area contributed by atoms with Crippen LogP contribution in [0, 0.1) is 0 Å². The molecule has 156 valence electrons. The second-order valence-corrected chi connectivity index (χ2v) is 9.33. The van der Waals surface area contributed by atoms with Gasteiger partial charge in [-0.1, -0.05) is 39.0 Å². The van der Waals surface area contributed by atoms with E-state index in [4.69, 9.17) is 0 Å². The maximum absolute atomic E-state index is 13.3. The van der Waals surface area contributed by atoms with E-state index >= 15 is 0 Å². The van der Waals surface area contributed by atoms with Gasteiger partial charge in [-0.25, -0.2) is 0 Å². The van der Waals surface area contributed by atoms with Gasteiger partial charge >= 0.3 is 0 Å². The Morgan fingerprint density at radius 1 is 0.767 bits per heavy atom. The highest BCUT2D eigenvalue weighted by Crippen LogP contribution is 2.42. The van der Waals surface area contributed by atoms with Crippen LogP contribution in [0.3, 0.4) is 0 Å². The number of imide groups is 2. The van der Waals surface area contributed by atoms with Gasteiger partial charge in [0.2, 0.25) is 0 Å². The Bertz CT molecular complexity index is 1130. The van der Waals surface area contributed by atoms with Crippen LogP contribution in [0.2, 0.25) is 0 Å². The van der Waals surface area contributed by atoms with Crippen molar-refractivity contribution in [1.29, 1.82) is 0 Å². The molecule has 30 heavy (non-hydrogen) atoms. The van der Waals surface area contributed by atoms with Crippen molar-refractivity contribution in [3.05, 3.63) is 43.3 Å². The lowest BCUT2D eigenvalue weighted by molar-refractivity contribution is 0.0605. The predicted octanol–water partition coefficient (Wildman–Crippen LogP) is 5.20. The zero-order valence-corrected chi connectivity index (χ0v) is 19.6. The molecule has 6 nitrogen and oxygen atoms in total. The number of carbonyl (C=O) groups excluding carboxylic acids is 4. The molecule has 0 fully saturated rings. The Hall–Kier alpha value is -2.06. The summed E-state index contributed by atoms with van der Waals surface area (Å²) >= 11 is 6.79. The summed E-state index contributed by atoms with van der Waals surface area (Å²) in [6, 6.07) is 3.13. The molecule has 0 saturated heterocycles. The molecule has 0 saturated carbocycles. The summed E-state index contributed by atoms with van der Waals surface area (Å²) < 4.78 is 0.862. The first-order chi connectivity index (χ1) is 14.4. The third kappa shape index (κ3) is 3.30. The summed E-state index contributed by atoms with van der Waals surface area (Å²) in [5.41, 5.74) is 1.18. The van der Waals surface area contributed by atoms with E-state index in [2.05, 4.69) is 44.1 Å². The van der Waals surface area contributed by atoms with Crippen molar-refractivity contribution in [3.8, 4) is 0 Å². The van der Waals surface area contributed by atoms with E-state index in [-0.39, 0.29) is 11.1 Å². The van der Waals surface area contributed by atoms with Gasteiger partial charge in [-0.3, -0.25) is 29.4 Å². The Kier molecular flexibility index (Phi) is 5.81. The molecule has 0 aromatic heterocycles. The van der Waals surface area contributed by atoms with Gasteiger partial charge < -0.3 is 0 Å². The van der Waals surface area contributed by atoms with Crippen LogP contribution < -0.4 is 5.32 Å². The average molecular weight is 536 g/mol. The fourth-order valence-electron chi connectivity index (χ4n) is 4.21. The molecule has 0 aliphatic carbocycles. The number of benzene rings is 2. The molecular weight excluding hydrogens is 516 g/mol. The number of carbonyl (C=O) groups is 4. The largest absolute Gasteiger partial charge is 0.288 e. The molecule has 2 heterocycles.